The van der Waals surface area contributed by atoms with E-state index in [-0.39, 0.29) is 12.3 Å². The van der Waals surface area contributed by atoms with Gasteiger partial charge in [-0.15, -0.1) is 0 Å². The zero-order valence-electron chi connectivity index (χ0n) is 14.6. The number of aliphatic hydroxyl groups is 1. The lowest BCUT2D eigenvalue weighted by Gasteiger charge is -2.37. The number of hydrogen-bond acceptors (Lipinski definition) is 6. The van der Waals surface area contributed by atoms with Crippen molar-refractivity contribution in [2.45, 2.75) is 18.1 Å². The average Bonchev–Trinajstić information content (AvgIpc) is 2.66. The van der Waals surface area contributed by atoms with Crippen molar-refractivity contribution in [3.63, 3.8) is 0 Å². The van der Waals surface area contributed by atoms with E-state index in [0.29, 0.717) is 17.2 Å². The Hall–Kier alpha value is -2.25. The summed E-state index contributed by atoms with van der Waals surface area (Å²) in [6.45, 7) is 0. The zero-order valence-corrected chi connectivity index (χ0v) is 16.2. The molecular weight excluding hydrogens is 404 g/mol. The summed E-state index contributed by atoms with van der Waals surface area (Å²) in [6, 6.07) is 11.1. The maximum Gasteiger partial charge on any atom is 0.379 e. The van der Waals surface area contributed by atoms with Gasteiger partial charge >= 0.3 is 11.8 Å². The van der Waals surface area contributed by atoms with E-state index in [0.717, 1.165) is 15.6 Å². The fourth-order valence-corrected chi connectivity index (χ4v) is 3.39. The molecule has 0 fully saturated rings. The molecule has 0 amide bonds. The summed E-state index contributed by atoms with van der Waals surface area (Å²) in [4.78, 5) is 12.1. The summed E-state index contributed by atoms with van der Waals surface area (Å²) in [5.74, 6) is -1.90. The monoisotopic (exact) mass is 422 g/mol. The SMILES string of the molecule is COC(=O)[C@@]1(O)C[C@@H](c2ccc(Br)cc2)c2cc(OC)c(OC)cc2O1. The first-order valence-corrected chi connectivity index (χ1v) is 8.72. The van der Waals surface area contributed by atoms with Gasteiger partial charge in [0.05, 0.1) is 21.3 Å². The minimum absolute atomic E-state index is 0.0176. The second-order valence-corrected chi connectivity index (χ2v) is 6.85. The topological polar surface area (TPSA) is 74.2 Å². The molecule has 0 aromatic heterocycles. The molecule has 1 aliphatic rings. The highest BCUT2D eigenvalue weighted by atomic mass is 79.9. The Kier molecular flexibility index (Phi) is 5.11. The molecule has 0 bridgehead atoms. The van der Waals surface area contributed by atoms with Gasteiger partial charge in [-0.1, -0.05) is 28.1 Å². The molecule has 0 unspecified atom stereocenters. The van der Waals surface area contributed by atoms with Crippen LogP contribution in [0.1, 0.15) is 23.5 Å². The Bertz CT molecular complexity index is 820. The molecule has 138 valence electrons. The summed E-state index contributed by atoms with van der Waals surface area (Å²) >= 11 is 3.42. The van der Waals surface area contributed by atoms with Crippen molar-refractivity contribution in [2.24, 2.45) is 0 Å². The van der Waals surface area contributed by atoms with Crippen molar-refractivity contribution in [3.8, 4) is 17.2 Å². The van der Waals surface area contributed by atoms with Crippen molar-refractivity contribution in [1.82, 2.24) is 0 Å². The maximum atomic E-state index is 12.1. The second-order valence-electron chi connectivity index (χ2n) is 5.93. The molecule has 0 saturated carbocycles. The third-order valence-corrected chi connectivity index (χ3v) is 4.96. The molecule has 0 saturated heterocycles. The van der Waals surface area contributed by atoms with Crippen LogP contribution in [0.5, 0.6) is 17.2 Å². The normalized spacial score (nSPS) is 21.3. The van der Waals surface area contributed by atoms with Crippen molar-refractivity contribution < 1.29 is 28.8 Å². The van der Waals surface area contributed by atoms with Crippen LogP contribution in [-0.4, -0.2) is 38.2 Å². The van der Waals surface area contributed by atoms with Gasteiger partial charge in [-0.05, 0) is 23.8 Å². The molecule has 6 nitrogen and oxygen atoms in total. The minimum atomic E-state index is -2.08. The number of carbonyl (C=O) groups is 1. The number of hydrogen-bond donors (Lipinski definition) is 1. The minimum Gasteiger partial charge on any atom is -0.493 e. The third kappa shape index (κ3) is 3.24. The van der Waals surface area contributed by atoms with Gasteiger partial charge in [0.15, 0.2) is 11.5 Å². The van der Waals surface area contributed by atoms with Gasteiger partial charge in [-0.3, -0.25) is 0 Å². The average molecular weight is 423 g/mol. The fraction of sp³-hybridized carbons (Fsp3) is 0.316. The summed E-state index contributed by atoms with van der Waals surface area (Å²) in [5, 5.41) is 10.8. The molecule has 1 N–H and O–H groups in total. The van der Waals surface area contributed by atoms with Gasteiger partial charge in [0, 0.05) is 28.4 Å². The Balaban J connectivity index is 2.16. The number of methoxy groups -OCH3 is 3. The maximum absolute atomic E-state index is 12.1. The van der Waals surface area contributed by atoms with E-state index in [2.05, 4.69) is 15.9 Å². The van der Waals surface area contributed by atoms with Crippen LogP contribution in [0.4, 0.5) is 0 Å². The van der Waals surface area contributed by atoms with Gasteiger partial charge in [0.1, 0.15) is 5.75 Å². The Labute approximate surface area is 159 Å². The van der Waals surface area contributed by atoms with E-state index in [1.165, 1.54) is 14.2 Å². The summed E-state index contributed by atoms with van der Waals surface area (Å²) in [5.41, 5.74) is 1.71. The van der Waals surface area contributed by atoms with Crippen molar-refractivity contribution in [2.75, 3.05) is 21.3 Å². The van der Waals surface area contributed by atoms with E-state index in [1.54, 1.807) is 19.2 Å². The molecule has 2 aromatic rings. The zero-order chi connectivity index (χ0) is 18.9. The van der Waals surface area contributed by atoms with E-state index < -0.39 is 11.8 Å². The second kappa shape index (κ2) is 7.17. The summed E-state index contributed by atoms with van der Waals surface area (Å²) < 4.78 is 22.0. The van der Waals surface area contributed by atoms with Crippen molar-refractivity contribution >= 4 is 21.9 Å². The van der Waals surface area contributed by atoms with Crippen LogP contribution >= 0.6 is 15.9 Å². The molecule has 26 heavy (non-hydrogen) atoms. The number of rotatable bonds is 4. The quantitative estimate of drug-likeness (QED) is 0.762. The molecule has 7 heteroatoms. The lowest BCUT2D eigenvalue weighted by atomic mass is 9.82. The lowest BCUT2D eigenvalue weighted by Crippen LogP contribution is -2.49. The molecule has 2 atom stereocenters. The van der Waals surface area contributed by atoms with Gasteiger partial charge in [-0.2, -0.15) is 0 Å². The molecule has 0 aliphatic carbocycles. The van der Waals surface area contributed by atoms with Crippen LogP contribution in [0, 0.1) is 0 Å². The first-order chi connectivity index (χ1) is 12.4. The Morgan fingerprint density at radius 3 is 2.35 bits per heavy atom. The highest BCUT2D eigenvalue weighted by molar-refractivity contribution is 9.10. The van der Waals surface area contributed by atoms with Gasteiger partial charge in [0.25, 0.3) is 0 Å². The standard InChI is InChI=1S/C19H19BrO6/c1-23-16-8-13-14(11-4-6-12(20)7-5-11)10-19(22,18(21)25-3)26-15(13)9-17(16)24-2/h4-9,14,22H,10H2,1-3H3/t14-,19+/m0/s1. The first-order valence-electron chi connectivity index (χ1n) is 7.93. The highest BCUT2D eigenvalue weighted by Gasteiger charge is 2.47. The molecule has 2 aromatic carbocycles. The lowest BCUT2D eigenvalue weighted by molar-refractivity contribution is -0.203. The van der Waals surface area contributed by atoms with Crippen molar-refractivity contribution in [1.29, 1.82) is 0 Å². The van der Waals surface area contributed by atoms with Crippen LogP contribution in [0.25, 0.3) is 0 Å². The van der Waals surface area contributed by atoms with Crippen LogP contribution in [-0.2, 0) is 9.53 Å². The number of benzene rings is 2. The largest absolute Gasteiger partial charge is 0.493 e. The fourth-order valence-electron chi connectivity index (χ4n) is 3.12. The number of esters is 1. The number of ether oxygens (including phenoxy) is 4. The predicted molar refractivity (Wildman–Crippen MR) is 97.7 cm³/mol. The van der Waals surface area contributed by atoms with Gasteiger partial charge in [0.2, 0.25) is 0 Å². The van der Waals surface area contributed by atoms with E-state index in [9.17, 15) is 9.90 Å². The molecule has 3 rings (SSSR count). The number of carbonyl (C=O) groups excluding carboxylic acids is 1. The van der Waals surface area contributed by atoms with Crippen LogP contribution in [0.15, 0.2) is 40.9 Å². The van der Waals surface area contributed by atoms with Crippen molar-refractivity contribution in [3.05, 3.63) is 52.0 Å². The van der Waals surface area contributed by atoms with Crippen LogP contribution in [0.2, 0.25) is 0 Å². The molecule has 1 heterocycles. The van der Waals surface area contributed by atoms with Crippen LogP contribution in [0.3, 0.4) is 0 Å². The van der Waals surface area contributed by atoms with Gasteiger partial charge in [-0.25, -0.2) is 4.79 Å². The Morgan fingerprint density at radius 2 is 1.77 bits per heavy atom. The smallest absolute Gasteiger partial charge is 0.379 e. The molecule has 0 radical (unpaired) electrons. The number of halogens is 1. The van der Waals surface area contributed by atoms with E-state index in [4.69, 9.17) is 18.9 Å². The highest BCUT2D eigenvalue weighted by Crippen LogP contribution is 2.48. The van der Waals surface area contributed by atoms with Gasteiger partial charge < -0.3 is 24.1 Å². The molecular formula is C19H19BrO6. The Morgan fingerprint density at radius 1 is 1.15 bits per heavy atom. The van der Waals surface area contributed by atoms with E-state index >= 15 is 0 Å². The number of fused-ring (bicyclic) bond motifs is 1. The molecule has 0 spiro atoms. The third-order valence-electron chi connectivity index (χ3n) is 4.43. The predicted octanol–water partition coefficient (Wildman–Crippen LogP) is 3.24. The van der Waals surface area contributed by atoms with Crippen LogP contribution < -0.4 is 14.2 Å². The van der Waals surface area contributed by atoms with E-state index in [1.807, 2.05) is 24.3 Å². The molecule has 1 aliphatic heterocycles. The summed E-state index contributed by atoms with van der Waals surface area (Å²) in [6.07, 6.45) is 0.0176. The first kappa shape index (κ1) is 18.5. The summed E-state index contributed by atoms with van der Waals surface area (Å²) in [7, 11) is 4.27.